The van der Waals surface area contributed by atoms with Crippen LogP contribution in [0.3, 0.4) is 0 Å². The second-order valence-corrected chi connectivity index (χ2v) is 5.90. The monoisotopic (exact) mass is 366 g/mol. The van der Waals surface area contributed by atoms with Gasteiger partial charge in [-0.1, -0.05) is 6.07 Å². The third-order valence-corrected chi connectivity index (χ3v) is 4.12. The summed E-state index contributed by atoms with van der Waals surface area (Å²) in [6, 6.07) is 11.1. The van der Waals surface area contributed by atoms with Crippen LogP contribution in [0.2, 0.25) is 0 Å². The lowest BCUT2D eigenvalue weighted by atomic mass is 10.1. The average Bonchev–Trinajstić information content (AvgIpc) is 3.19. The summed E-state index contributed by atoms with van der Waals surface area (Å²) in [4.78, 5) is 16.3. The van der Waals surface area contributed by atoms with Crippen molar-refractivity contribution in [3.05, 3.63) is 72.6 Å². The van der Waals surface area contributed by atoms with Crippen LogP contribution in [0, 0.1) is 5.82 Å². The van der Waals surface area contributed by atoms with Gasteiger partial charge in [-0.3, -0.25) is 9.78 Å². The van der Waals surface area contributed by atoms with Gasteiger partial charge >= 0.3 is 0 Å². The van der Waals surface area contributed by atoms with Crippen LogP contribution in [-0.2, 0) is 0 Å². The fourth-order valence-corrected chi connectivity index (χ4v) is 2.88. The normalized spacial score (nSPS) is 10.7. The topological polar surface area (TPSA) is 77.0 Å². The molecule has 4 aromatic rings. The van der Waals surface area contributed by atoms with Crippen molar-refractivity contribution in [2.24, 2.45) is 0 Å². The quantitative estimate of drug-likeness (QED) is 0.584. The first-order valence-corrected chi connectivity index (χ1v) is 8.33. The van der Waals surface area contributed by atoms with E-state index in [1.165, 1.54) is 18.3 Å². The van der Waals surface area contributed by atoms with E-state index in [-0.39, 0.29) is 17.4 Å². The van der Waals surface area contributed by atoms with Gasteiger partial charge in [0, 0.05) is 29.2 Å². The van der Waals surface area contributed by atoms with Crippen LogP contribution in [0.5, 0.6) is 11.5 Å². The SMILES string of the molecule is O=C(Nc1ccc(Oc2cccc(F)c2)c2ccncc12)c1cnsn1. The zero-order valence-electron chi connectivity index (χ0n) is 13.2. The first kappa shape index (κ1) is 16.1. The van der Waals surface area contributed by atoms with E-state index in [2.05, 4.69) is 19.0 Å². The molecule has 0 aliphatic heterocycles. The van der Waals surface area contributed by atoms with Gasteiger partial charge in [-0.2, -0.15) is 8.75 Å². The van der Waals surface area contributed by atoms with Gasteiger partial charge in [-0.15, -0.1) is 0 Å². The van der Waals surface area contributed by atoms with Gasteiger partial charge in [0.2, 0.25) is 0 Å². The Morgan fingerprint density at radius 2 is 2.04 bits per heavy atom. The number of hydrogen-bond donors (Lipinski definition) is 1. The van der Waals surface area contributed by atoms with Crippen LogP contribution in [0.4, 0.5) is 10.1 Å². The lowest BCUT2D eigenvalue weighted by Gasteiger charge is -2.12. The van der Waals surface area contributed by atoms with Crippen molar-refractivity contribution >= 4 is 34.1 Å². The number of ether oxygens (including phenoxy) is 1. The molecule has 1 amide bonds. The third-order valence-electron chi connectivity index (χ3n) is 3.64. The van der Waals surface area contributed by atoms with Crippen LogP contribution < -0.4 is 10.1 Å². The molecule has 26 heavy (non-hydrogen) atoms. The van der Waals surface area contributed by atoms with Crippen LogP contribution in [0.1, 0.15) is 10.5 Å². The molecule has 1 N–H and O–H groups in total. The van der Waals surface area contributed by atoms with Crippen molar-refractivity contribution in [2.75, 3.05) is 5.32 Å². The first-order chi connectivity index (χ1) is 12.7. The summed E-state index contributed by atoms with van der Waals surface area (Å²) in [5.74, 6) is 0.173. The lowest BCUT2D eigenvalue weighted by Crippen LogP contribution is -2.12. The van der Waals surface area contributed by atoms with Crippen LogP contribution in [-0.4, -0.2) is 19.6 Å². The molecule has 0 bridgehead atoms. The third kappa shape index (κ3) is 3.22. The summed E-state index contributed by atoms with van der Waals surface area (Å²) in [6.07, 6.45) is 4.65. The molecule has 0 atom stereocenters. The van der Waals surface area contributed by atoms with Gasteiger partial charge in [0.25, 0.3) is 5.91 Å². The Balaban J connectivity index is 1.70. The number of aromatic nitrogens is 3. The number of nitrogens with one attached hydrogen (secondary N) is 1. The fraction of sp³-hybridized carbons (Fsp3) is 0. The predicted octanol–water partition coefficient (Wildman–Crippen LogP) is 4.27. The van der Waals surface area contributed by atoms with Crippen LogP contribution >= 0.6 is 11.7 Å². The maximum atomic E-state index is 13.4. The molecule has 0 aliphatic carbocycles. The smallest absolute Gasteiger partial charge is 0.277 e. The number of halogens is 1. The second-order valence-electron chi connectivity index (χ2n) is 5.34. The Hall–Kier alpha value is -3.39. The van der Waals surface area contributed by atoms with Gasteiger partial charge in [0.05, 0.1) is 23.6 Å². The summed E-state index contributed by atoms with van der Waals surface area (Å²) in [5.41, 5.74) is 0.810. The molecule has 4 rings (SSSR count). The number of hydrogen-bond acceptors (Lipinski definition) is 6. The highest BCUT2D eigenvalue weighted by Crippen LogP contribution is 2.34. The van der Waals surface area contributed by atoms with E-state index in [1.54, 1.807) is 42.7 Å². The molecule has 0 radical (unpaired) electrons. The Bertz CT molecular complexity index is 1090. The standard InChI is InChI=1S/C18H11FN4O2S/c19-11-2-1-3-12(8-11)25-17-5-4-15(14-9-20-7-6-13(14)17)22-18(24)16-10-21-26-23-16/h1-10H,(H,22,24). The van der Waals surface area contributed by atoms with Gasteiger partial charge in [0.1, 0.15) is 17.3 Å². The zero-order chi connectivity index (χ0) is 17.9. The van der Waals surface area contributed by atoms with E-state index < -0.39 is 0 Å². The van der Waals surface area contributed by atoms with Crippen molar-refractivity contribution in [3.63, 3.8) is 0 Å². The largest absolute Gasteiger partial charge is 0.457 e. The number of amides is 1. The van der Waals surface area contributed by atoms with Crippen LogP contribution in [0.15, 0.2) is 61.1 Å². The van der Waals surface area contributed by atoms with Gasteiger partial charge in [0.15, 0.2) is 5.69 Å². The van der Waals surface area contributed by atoms with Crippen molar-refractivity contribution in [1.82, 2.24) is 13.7 Å². The molecule has 0 saturated carbocycles. The molecule has 2 aromatic heterocycles. The molecule has 0 fully saturated rings. The van der Waals surface area contributed by atoms with Gasteiger partial charge in [-0.05, 0) is 30.3 Å². The summed E-state index contributed by atoms with van der Waals surface area (Å²) >= 11 is 0.963. The number of rotatable bonds is 4. The maximum absolute atomic E-state index is 13.4. The van der Waals surface area contributed by atoms with E-state index >= 15 is 0 Å². The molecule has 2 aromatic carbocycles. The molecule has 0 spiro atoms. The molecule has 128 valence electrons. The molecular weight excluding hydrogens is 355 g/mol. The second kappa shape index (κ2) is 6.85. The number of benzene rings is 2. The number of carbonyl (C=O) groups excluding carboxylic acids is 1. The van der Waals surface area contributed by atoms with E-state index in [9.17, 15) is 9.18 Å². The minimum atomic E-state index is -0.380. The molecular formula is C18H11FN4O2S. The number of fused-ring (bicyclic) bond motifs is 1. The molecule has 2 heterocycles. The minimum Gasteiger partial charge on any atom is -0.457 e. The Morgan fingerprint density at radius 3 is 2.85 bits per heavy atom. The molecule has 8 heteroatoms. The zero-order valence-corrected chi connectivity index (χ0v) is 14.0. The van der Waals surface area contributed by atoms with Gasteiger partial charge in [-0.25, -0.2) is 4.39 Å². The number of anilines is 1. The van der Waals surface area contributed by atoms with E-state index in [1.807, 2.05) is 0 Å². The van der Waals surface area contributed by atoms with Crippen molar-refractivity contribution in [1.29, 1.82) is 0 Å². The number of carbonyl (C=O) groups is 1. The highest BCUT2D eigenvalue weighted by Gasteiger charge is 2.13. The Morgan fingerprint density at radius 1 is 1.12 bits per heavy atom. The molecule has 0 aliphatic rings. The molecule has 0 saturated heterocycles. The van der Waals surface area contributed by atoms with E-state index in [0.29, 0.717) is 22.6 Å². The summed E-state index contributed by atoms with van der Waals surface area (Å²) in [5, 5.41) is 4.22. The van der Waals surface area contributed by atoms with Gasteiger partial charge < -0.3 is 10.1 Å². The lowest BCUT2D eigenvalue weighted by molar-refractivity contribution is 0.102. The summed E-state index contributed by atoms with van der Waals surface area (Å²) < 4.78 is 26.9. The van der Waals surface area contributed by atoms with Crippen molar-refractivity contribution in [2.45, 2.75) is 0 Å². The van der Waals surface area contributed by atoms with Crippen molar-refractivity contribution < 1.29 is 13.9 Å². The fourth-order valence-electron chi connectivity index (χ4n) is 2.47. The predicted molar refractivity (Wildman–Crippen MR) is 96.1 cm³/mol. The Labute approximate surface area is 151 Å². The molecule has 0 unspecified atom stereocenters. The number of pyridine rings is 1. The maximum Gasteiger partial charge on any atom is 0.277 e. The highest BCUT2D eigenvalue weighted by molar-refractivity contribution is 6.99. The number of nitrogens with zero attached hydrogens (tertiary/aromatic N) is 3. The van der Waals surface area contributed by atoms with E-state index in [4.69, 9.17) is 4.74 Å². The highest BCUT2D eigenvalue weighted by atomic mass is 32.1. The van der Waals surface area contributed by atoms with Crippen molar-refractivity contribution in [3.8, 4) is 11.5 Å². The molecule has 6 nitrogen and oxygen atoms in total. The Kier molecular flexibility index (Phi) is 4.24. The summed E-state index contributed by atoms with van der Waals surface area (Å²) in [7, 11) is 0. The average molecular weight is 366 g/mol. The van der Waals surface area contributed by atoms with Crippen LogP contribution in [0.25, 0.3) is 10.8 Å². The first-order valence-electron chi connectivity index (χ1n) is 7.60. The summed E-state index contributed by atoms with van der Waals surface area (Å²) in [6.45, 7) is 0. The van der Waals surface area contributed by atoms with E-state index in [0.717, 1.165) is 17.1 Å². The minimum absolute atomic E-state index is 0.243.